The number of amides is 1. The lowest BCUT2D eigenvalue weighted by atomic mass is 10.2. The molecule has 0 aliphatic heterocycles. The van der Waals surface area contributed by atoms with Crippen LogP contribution in [0, 0.1) is 0 Å². The van der Waals surface area contributed by atoms with Gasteiger partial charge in [0.2, 0.25) is 0 Å². The van der Waals surface area contributed by atoms with Crippen molar-refractivity contribution in [3.05, 3.63) is 42.6 Å². The second-order valence-electron chi connectivity index (χ2n) is 6.28. The minimum Gasteiger partial charge on any atom is -0.444 e. The molecule has 1 atom stereocenters. The first-order valence-electron chi connectivity index (χ1n) is 7.42. The number of rotatable bonds is 4. The Bertz CT molecular complexity index is 614. The molecule has 2 aromatic rings. The van der Waals surface area contributed by atoms with Gasteiger partial charge in [-0.15, -0.1) is 0 Å². The standard InChI is InChI=1S/C17H23N3O2/c1-13(12-18-16(21)22-17(2,3)4)20-11-10-15(19-20)14-8-6-5-7-9-14/h5-11,13H,12H2,1-4H3,(H,18,21)/t13-/m0/s1. The van der Waals surface area contributed by atoms with Crippen LogP contribution in [0.1, 0.15) is 33.7 Å². The zero-order valence-electron chi connectivity index (χ0n) is 13.5. The van der Waals surface area contributed by atoms with Gasteiger partial charge in [0, 0.05) is 18.3 Å². The molecule has 22 heavy (non-hydrogen) atoms. The topological polar surface area (TPSA) is 56.1 Å². The zero-order chi connectivity index (χ0) is 16.2. The third-order valence-electron chi connectivity index (χ3n) is 3.07. The van der Waals surface area contributed by atoms with Crippen molar-refractivity contribution >= 4 is 6.09 Å². The quantitative estimate of drug-likeness (QED) is 0.938. The largest absolute Gasteiger partial charge is 0.444 e. The molecule has 2 rings (SSSR count). The van der Waals surface area contributed by atoms with Crippen molar-refractivity contribution in [2.24, 2.45) is 0 Å². The number of hydrogen-bond donors (Lipinski definition) is 1. The lowest BCUT2D eigenvalue weighted by Crippen LogP contribution is -2.35. The highest BCUT2D eigenvalue weighted by molar-refractivity contribution is 5.67. The van der Waals surface area contributed by atoms with Crippen LogP contribution in [-0.2, 0) is 4.74 Å². The molecule has 0 bridgehead atoms. The summed E-state index contributed by atoms with van der Waals surface area (Å²) in [6.45, 7) is 7.99. The fourth-order valence-corrected chi connectivity index (χ4v) is 1.99. The second-order valence-corrected chi connectivity index (χ2v) is 6.28. The van der Waals surface area contributed by atoms with Gasteiger partial charge in [-0.25, -0.2) is 4.79 Å². The molecule has 1 amide bonds. The predicted octanol–water partition coefficient (Wildman–Crippen LogP) is 3.64. The fourth-order valence-electron chi connectivity index (χ4n) is 1.99. The zero-order valence-corrected chi connectivity index (χ0v) is 13.5. The first-order valence-corrected chi connectivity index (χ1v) is 7.42. The van der Waals surface area contributed by atoms with E-state index in [2.05, 4.69) is 10.4 Å². The van der Waals surface area contributed by atoms with Crippen LogP contribution in [0.25, 0.3) is 11.3 Å². The van der Waals surface area contributed by atoms with Crippen molar-refractivity contribution in [2.75, 3.05) is 6.54 Å². The van der Waals surface area contributed by atoms with Gasteiger partial charge < -0.3 is 10.1 Å². The summed E-state index contributed by atoms with van der Waals surface area (Å²) < 4.78 is 7.07. The molecule has 0 spiro atoms. The number of nitrogens with one attached hydrogen (secondary N) is 1. The van der Waals surface area contributed by atoms with Gasteiger partial charge in [-0.3, -0.25) is 4.68 Å². The Kier molecular flexibility index (Phi) is 4.85. The summed E-state index contributed by atoms with van der Waals surface area (Å²) in [5, 5.41) is 7.32. The maximum absolute atomic E-state index is 11.7. The predicted molar refractivity (Wildman–Crippen MR) is 86.6 cm³/mol. The maximum Gasteiger partial charge on any atom is 0.407 e. The number of aromatic nitrogens is 2. The average Bonchev–Trinajstić information content (AvgIpc) is 2.94. The van der Waals surface area contributed by atoms with Crippen molar-refractivity contribution < 1.29 is 9.53 Å². The molecule has 0 aliphatic carbocycles. The minimum atomic E-state index is -0.487. The van der Waals surface area contributed by atoms with Crippen LogP contribution >= 0.6 is 0 Å². The van der Waals surface area contributed by atoms with Crippen LogP contribution in [0.2, 0.25) is 0 Å². The van der Waals surface area contributed by atoms with Crippen LogP contribution in [0.3, 0.4) is 0 Å². The van der Waals surface area contributed by atoms with Gasteiger partial charge >= 0.3 is 6.09 Å². The molecule has 1 N–H and O–H groups in total. The summed E-state index contributed by atoms with van der Waals surface area (Å²) >= 11 is 0. The van der Waals surface area contributed by atoms with Crippen molar-refractivity contribution in [1.29, 1.82) is 0 Å². The van der Waals surface area contributed by atoms with Gasteiger partial charge in [-0.2, -0.15) is 5.10 Å². The second kappa shape index (κ2) is 6.64. The Morgan fingerprint density at radius 1 is 1.27 bits per heavy atom. The van der Waals surface area contributed by atoms with Crippen LogP contribution in [-0.4, -0.2) is 28.0 Å². The maximum atomic E-state index is 11.7. The van der Waals surface area contributed by atoms with Gasteiger partial charge in [-0.05, 0) is 33.8 Å². The number of carbonyl (C=O) groups excluding carboxylic acids is 1. The summed E-state index contributed by atoms with van der Waals surface area (Å²) in [5.74, 6) is 0. The van der Waals surface area contributed by atoms with E-state index in [1.54, 1.807) is 0 Å². The molecule has 1 heterocycles. The fraction of sp³-hybridized carbons (Fsp3) is 0.412. The smallest absolute Gasteiger partial charge is 0.407 e. The molecule has 0 saturated heterocycles. The number of ether oxygens (including phenoxy) is 1. The first-order chi connectivity index (χ1) is 10.3. The summed E-state index contributed by atoms with van der Waals surface area (Å²) in [6.07, 6.45) is 1.51. The van der Waals surface area contributed by atoms with Gasteiger partial charge in [0.1, 0.15) is 5.60 Å². The lowest BCUT2D eigenvalue weighted by Gasteiger charge is -2.21. The summed E-state index contributed by atoms with van der Waals surface area (Å²) in [6, 6.07) is 12.0. The Balaban J connectivity index is 1.92. The highest BCUT2D eigenvalue weighted by Crippen LogP contribution is 2.17. The lowest BCUT2D eigenvalue weighted by molar-refractivity contribution is 0.0520. The van der Waals surface area contributed by atoms with Crippen LogP contribution in [0.15, 0.2) is 42.6 Å². The highest BCUT2D eigenvalue weighted by Gasteiger charge is 2.17. The first kappa shape index (κ1) is 16.1. The molecule has 5 nitrogen and oxygen atoms in total. The van der Waals surface area contributed by atoms with E-state index in [9.17, 15) is 4.79 Å². The number of benzene rings is 1. The number of hydrogen-bond acceptors (Lipinski definition) is 3. The Morgan fingerprint density at radius 3 is 2.59 bits per heavy atom. The summed E-state index contributed by atoms with van der Waals surface area (Å²) in [5.41, 5.74) is 1.51. The third-order valence-corrected chi connectivity index (χ3v) is 3.07. The van der Waals surface area contributed by atoms with E-state index in [0.29, 0.717) is 6.54 Å². The minimum absolute atomic E-state index is 0.0463. The average molecular weight is 301 g/mol. The van der Waals surface area contributed by atoms with Gasteiger partial charge in [0.05, 0.1) is 11.7 Å². The third kappa shape index (κ3) is 4.62. The van der Waals surface area contributed by atoms with Crippen molar-refractivity contribution in [2.45, 2.75) is 39.3 Å². The molecule has 0 radical (unpaired) electrons. The number of alkyl carbamates (subject to hydrolysis) is 1. The van der Waals surface area contributed by atoms with Crippen LogP contribution in [0.4, 0.5) is 4.79 Å². The van der Waals surface area contributed by atoms with E-state index in [-0.39, 0.29) is 6.04 Å². The van der Waals surface area contributed by atoms with Crippen molar-refractivity contribution in [3.8, 4) is 11.3 Å². The van der Waals surface area contributed by atoms with E-state index in [4.69, 9.17) is 4.74 Å². The Labute approximate surface area is 131 Å². The van der Waals surface area contributed by atoms with Crippen molar-refractivity contribution in [1.82, 2.24) is 15.1 Å². The molecule has 1 aromatic heterocycles. The summed E-state index contributed by atoms with van der Waals surface area (Å²) in [4.78, 5) is 11.7. The van der Waals surface area contributed by atoms with E-state index in [1.807, 2.05) is 75.0 Å². The number of carbonyl (C=O) groups is 1. The molecule has 0 fully saturated rings. The highest BCUT2D eigenvalue weighted by atomic mass is 16.6. The van der Waals surface area contributed by atoms with Gasteiger partial charge in [-0.1, -0.05) is 30.3 Å². The molecular weight excluding hydrogens is 278 g/mol. The van der Waals surface area contributed by atoms with E-state index in [1.165, 1.54) is 0 Å². The van der Waals surface area contributed by atoms with Crippen LogP contribution in [0.5, 0.6) is 0 Å². The van der Waals surface area contributed by atoms with E-state index in [0.717, 1.165) is 11.3 Å². The van der Waals surface area contributed by atoms with Gasteiger partial charge in [0.25, 0.3) is 0 Å². The van der Waals surface area contributed by atoms with Gasteiger partial charge in [0.15, 0.2) is 0 Å². The SMILES string of the molecule is C[C@@H](CNC(=O)OC(C)(C)C)n1ccc(-c2ccccc2)n1. The molecule has 1 aromatic carbocycles. The molecule has 0 saturated carbocycles. The van der Waals surface area contributed by atoms with Crippen molar-refractivity contribution in [3.63, 3.8) is 0 Å². The molecule has 5 heteroatoms. The Morgan fingerprint density at radius 2 is 1.95 bits per heavy atom. The molecule has 0 aliphatic rings. The number of nitrogens with zero attached hydrogens (tertiary/aromatic N) is 2. The summed E-state index contributed by atoms with van der Waals surface area (Å²) in [7, 11) is 0. The van der Waals surface area contributed by atoms with Crippen LogP contribution < -0.4 is 5.32 Å². The van der Waals surface area contributed by atoms with E-state index < -0.39 is 11.7 Å². The Hall–Kier alpha value is -2.30. The molecule has 0 unspecified atom stereocenters. The monoisotopic (exact) mass is 301 g/mol. The molecule has 118 valence electrons. The van der Waals surface area contributed by atoms with E-state index >= 15 is 0 Å². The normalized spacial score (nSPS) is 12.7. The molecular formula is C17H23N3O2.